The molecule has 0 radical (unpaired) electrons. The fraction of sp³-hybridized carbons (Fsp3) is 0.632. The Kier molecular flexibility index (Phi) is 9.62. The molecular formula is C38H49ClF2N2O2. The second-order valence-electron chi connectivity index (χ2n) is 15.5. The van der Waals surface area contributed by atoms with Crippen LogP contribution in [0.4, 0.5) is 8.78 Å². The summed E-state index contributed by atoms with van der Waals surface area (Å²) in [6.45, 7) is 9.70. The molecule has 4 fully saturated rings. The monoisotopic (exact) mass is 638 g/mol. The van der Waals surface area contributed by atoms with E-state index >= 15 is 4.39 Å². The van der Waals surface area contributed by atoms with Crippen LogP contribution < -0.4 is 0 Å². The summed E-state index contributed by atoms with van der Waals surface area (Å²) in [7, 11) is 0. The quantitative estimate of drug-likeness (QED) is 0.289. The summed E-state index contributed by atoms with van der Waals surface area (Å²) < 4.78 is 29.1. The lowest BCUT2D eigenvalue weighted by atomic mass is 9.68. The normalized spacial score (nSPS) is 25.2. The average molecular weight is 639 g/mol. The second-order valence-corrected chi connectivity index (χ2v) is 16.0. The van der Waals surface area contributed by atoms with Crippen LogP contribution in [0, 0.1) is 34.8 Å². The van der Waals surface area contributed by atoms with Crippen molar-refractivity contribution in [3.63, 3.8) is 0 Å². The van der Waals surface area contributed by atoms with Crippen molar-refractivity contribution >= 4 is 23.4 Å². The third-order valence-electron chi connectivity index (χ3n) is 11.1. The Bertz CT molecular complexity index is 1390. The Hall–Kier alpha value is -2.47. The summed E-state index contributed by atoms with van der Waals surface area (Å²) in [6, 6.07) is 9.94. The molecule has 7 heteroatoms. The van der Waals surface area contributed by atoms with Gasteiger partial charge in [0.25, 0.3) is 0 Å². The topological polar surface area (TPSA) is 40.6 Å². The van der Waals surface area contributed by atoms with Crippen LogP contribution in [0.5, 0.6) is 0 Å². The van der Waals surface area contributed by atoms with Gasteiger partial charge < -0.3 is 9.80 Å². The number of hydrogen-bond acceptors (Lipinski definition) is 2. The van der Waals surface area contributed by atoms with Crippen LogP contribution in [0.1, 0.15) is 119 Å². The Morgan fingerprint density at radius 3 is 2.22 bits per heavy atom. The van der Waals surface area contributed by atoms with E-state index in [4.69, 9.17) is 11.6 Å². The van der Waals surface area contributed by atoms with Crippen LogP contribution in [-0.4, -0.2) is 47.8 Å². The van der Waals surface area contributed by atoms with Crippen molar-refractivity contribution < 1.29 is 18.4 Å². The lowest BCUT2D eigenvalue weighted by Gasteiger charge is -2.41. The van der Waals surface area contributed by atoms with E-state index in [-0.39, 0.29) is 40.9 Å². The molecule has 45 heavy (non-hydrogen) atoms. The van der Waals surface area contributed by atoms with Gasteiger partial charge in [0.2, 0.25) is 11.8 Å². The largest absolute Gasteiger partial charge is 0.342 e. The number of benzene rings is 2. The third-order valence-corrected chi connectivity index (χ3v) is 11.3. The summed E-state index contributed by atoms with van der Waals surface area (Å²) in [5.74, 6) is -0.373. The number of carbonyl (C=O) groups is 2. The van der Waals surface area contributed by atoms with Gasteiger partial charge in [0.15, 0.2) is 0 Å². The number of carbonyl (C=O) groups excluding carboxylic acids is 2. The molecule has 4 atom stereocenters. The third kappa shape index (κ3) is 7.42. The zero-order valence-corrected chi connectivity index (χ0v) is 27.9. The number of halogens is 3. The van der Waals surface area contributed by atoms with Gasteiger partial charge in [0.1, 0.15) is 11.6 Å². The predicted octanol–water partition coefficient (Wildman–Crippen LogP) is 9.08. The molecule has 0 N–H and O–H groups in total. The van der Waals surface area contributed by atoms with Gasteiger partial charge in [0.05, 0.1) is 5.92 Å². The molecule has 2 saturated carbocycles. The van der Waals surface area contributed by atoms with Crippen molar-refractivity contribution in [1.29, 1.82) is 0 Å². The highest BCUT2D eigenvalue weighted by atomic mass is 35.5. The average Bonchev–Trinajstić information content (AvgIpc) is 3.80. The molecule has 4 aliphatic rings. The molecule has 0 aromatic heterocycles. The van der Waals surface area contributed by atoms with Gasteiger partial charge in [-0.3, -0.25) is 9.59 Å². The van der Waals surface area contributed by atoms with Crippen molar-refractivity contribution in [2.24, 2.45) is 23.2 Å². The van der Waals surface area contributed by atoms with Crippen LogP contribution in [0.25, 0.3) is 0 Å². The van der Waals surface area contributed by atoms with Crippen LogP contribution in [0.15, 0.2) is 36.4 Å². The number of likely N-dealkylation sites (tertiary alicyclic amines) is 2. The summed E-state index contributed by atoms with van der Waals surface area (Å²) in [4.78, 5) is 31.7. The minimum Gasteiger partial charge on any atom is -0.342 e. The lowest BCUT2D eigenvalue weighted by Crippen LogP contribution is -2.45. The first kappa shape index (κ1) is 32.5. The molecule has 244 valence electrons. The van der Waals surface area contributed by atoms with Crippen molar-refractivity contribution in [2.75, 3.05) is 26.2 Å². The summed E-state index contributed by atoms with van der Waals surface area (Å²) in [6.07, 6.45) is 9.48. The zero-order valence-electron chi connectivity index (χ0n) is 27.2. The first-order valence-electron chi connectivity index (χ1n) is 17.3. The molecule has 2 aliphatic carbocycles. The molecule has 2 unspecified atom stereocenters. The maximum atomic E-state index is 15.2. The van der Waals surface area contributed by atoms with Gasteiger partial charge >= 0.3 is 0 Å². The number of nitrogens with zero attached hydrogens (tertiary/aromatic N) is 2. The van der Waals surface area contributed by atoms with E-state index in [0.29, 0.717) is 35.5 Å². The standard InChI is InChI=1S/C38H49ClF2N2O2/c1-38(2,3)16-13-24-5-10-31(32(21-24)30-12-9-28(40)23-34(30)41)36(44)43-19-14-25(15-20-43)29-11-8-27(39)22-33(29)35(26-6-7-26)37(45)42-17-4-18-42/h8-9,11-12,22-26,31-32,35H,4-7,10,13-21H2,1-3H3/t24?,31-,32+,35?/m1/s1. The van der Waals surface area contributed by atoms with Crippen LogP contribution >= 0.6 is 11.6 Å². The van der Waals surface area contributed by atoms with Gasteiger partial charge in [-0.15, -0.1) is 0 Å². The van der Waals surface area contributed by atoms with E-state index in [1.807, 2.05) is 21.9 Å². The molecule has 0 bridgehead atoms. The highest BCUT2D eigenvalue weighted by Crippen LogP contribution is 2.48. The molecule has 2 amide bonds. The maximum absolute atomic E-state index is 15.2. The van der Waals surface area contributed by atoms with E-state index in [9.17, 15) is 14.0 Å². The van der Waals surface area contributed by atoms with Crippen molar-refractivity contribution in [1.82, 2.24) is 9.80 Å². The Balaban J connectivity index is 1.17. The van der Waals surface area contributed by atoms with Gasteiger partial charge in [-0.25, -0.2) is 8.78 Å². The fourth-order valence-corrected chi connectivity index (χ4v) is 8.36. The van der Waals surface area contributed by atoms with E-state index in [2.05, 4.69) is 26.8 Å². The predicted molar refractivity (Wildman–Crippen MR) is 175 cm³/mol. The Morgan fingerprint density at radius 1 is 0.889 bits per heavy atom. The Morgan fingerprint density at radius 2 is 1.60 bits per heavy atom. The Labute approximate surface area is 272 Å². The van der Waals surface area contributed by atoms with Crippen LogP contribution in [0.3, 0.4) is 0 Å². The highest BCUT2D eigenvalue weighted by molar-refractivity contribution is 6.30. The highest BCUT2D eigenvalue weighted by Gasteiger charge is 2.43. The minimum atomic E-state index is -0.585. The SMILES string of the molecule is CC(C)(C)CCC1CC[C@@H](C(=O)N2CCC(c3ccc(Cl)cc3C(C(=O)N3CCC3)C3CC3)CC2)[C@H](c2ccc(F)cc2F)C1. The molecular weight excluding hydrogens is 590 g/mol. The van der Waals surface area contributed by atoms with Gasteiger partial charge in [0, 0.05) is 43.2 Å². The van der Waals surface area contributed by atoms with E-state index < -0.39 is 11.6 Å². The maximum Gasteiger partial charge on any atom is 0.230 e. The second kappa shape index (κ2) is 13.3. The molecule has 2 aromatic carbocycles. The molecule has 0 spiro atoms. The lowest BCUT2D eigenvalue weighted by molar-refractivity contribution is -0.139. The number of rotatable bonds is 8. The molecule has 4 nitrogen and oxygen atoms in total. The van der Waals surface area contributed by atoms with Crippen molar-refractivity contribution in [3.05, 3.63) is 69.7 Å². The van der Waals surface area contributed by atoms with E-state index in [1.165, 1.54) is 11.6 Å². The molecule has 2 aromatic rings. The van der Waals surface area contributed by atoms with E-state index in [0.717, 1.165) is 88.9 Å². The fourth-order valence-electron chi connectivity index (χ4n) is 8.18. The molecule has 2 saturated heterocycles. The first-order chi connectivity index (χ1) is 21.5. The zero-order chi connectivity index (χ0) is 31.9. The molecule has 2 aliphatic heterocycles. The minimum absolute atomic E-state index is 0.108. The number of piperidine rings is 1. The van der Waals surface area contributed by atoms with Gasteiger partial charge in [-0.1, -0.05) is 44.5 Å². The number of hydrogen-bond donors (Lipinski definition) is 0. The van der Waals surface area contributed by atoms with Crippen molar-refractivity contribution in [2.45, 2.75) is 103 Å². The van der Waals surface area contributed by atoms with Gasteiger partial charge in [-0.2, -0.15) is 0 Å². The summed E-state index contributed by atoms with van der Waals surface area (Å²) in [5, 5.41) is 0.667. The van der Waals surface area contributed by atoms with Gasteiger partial charge in [-0.05, 0) is 128 Å². The molecule has 6 rings (SSSR count). The van der Waals surface area contributed by atoms with Crippen LogP contribution in [-0.2, 0) is 9.59 Å². The smallest absolute Gasteiger partial charge is 0.230 e. The molecule has 2 heterocycles. The van der Waals surface area contributed by atoms with Crippen LogP contribution in [0.2, 0.25) is 5.02 Å². The number of amides is 2. The summed E-state index contributed by atoms with van der Waals surface area (Å²) in [5.41, 5.74) is 3.00. The van der Waals surface area contributed by atoms with E-state index in [1.54, 1.807) is 6.07 Å². The van der Waals surface area contributed by atoms with Crippen molar-refractivity contribution in [3.8, 4) is 0 Å². The first-order valence-corrected chi connectivity index (χ1v) is 17.7. The summed E-state index contributed by atoms with van der Waals surface area (Å²) >= 11 is 6.52.